The number of methoxy groups -OCH3 is 1. The Bertz CT molecular complexity index is 899. The van der Waals surface area contributed by atoms with Crippen LogP contribution in [0.2, 0.25) is 0 Å². The van der Waals surface area contributed by atoms with E-state index in [0.717, 1.165) is 31.7 Å². The van der Waals surface area contributed by atoms with Gasteiger partial charge in [0.1, 0.15) is 5.75 Å². The number of H-pyrrole nitrogens is 1. The summed E-state index contributed by atoms with van der Waals surface area (Å²) in [5, 5.41) is 1.29. The number of rotatable bonds is 1. The maximum absolute atomic E-state index is 5.41. The maximum Gasteiger partial charge on any atom is 0.119 e. The Hall–Kier alpha value is -2.33. The van der Waals surface area contributed by atoms with Crippen molar-refractivity contribution in [2.45, 2.75) is 25.4 Å². The number of hydrogen-bond donors (Lipinski definition) is 1. The molecule has 0 amide bonds. The van der Waals surface area contributed by atoms with Gasteiger partial charge in [-0.15, -0.1) is 0 Å². The van der Waals surface area contributed by atoms with Crippen LogP contribution in [-0.2, 0) is 19.4 Å². The maximum atomic E-state index is 5.41. The summed E-state index contributed by atoms with van der Waals surface area (Å²) in [7, 11) is 1.73. The summed E-state index contributed by atoms with van der Waals surface area (Å²) in [6.45, 7) is 2.09. The molecule has 5 rings (SSSR count). The third-order valence-corrected chi connectivity index (χ3v) is 5.31. The van der Waals surface area contributed by atoms with Gasteiger partial charge in [-0.3, -0.25) is 9.88 Å². The molecule has 4 heterocycles. The molecule has 0 bridgehead atoms. The second-order valence-electron chi connectivity index (χ2n) is 6.48. The van der Waals surface area contributed by atoms with Gasteiger partial charge in [0.15, 0.2) is 0 Å². The Labute approximate surface area is 135 Å². The Morgan fingerprint density at radius 1 is 1.30 bits per heavy atom. The van der Waals surface area contributed by atoms with Crippen LogP contribution in [0.25, 0.3) is 10.9 Å². The minimum absolute atomic E-state index is 0.401. The Morgan fingerprint density at radius 3 is 3.17 bits per heavy atom. The zero-order valence-corrected chi connectivity index (χ0v) is 13.2. The molecule has 0 aliphatic carbocycles. The topological polar surface area (TPSA) is 41.1 Å². The molecule has 1 N–H and O–H groups in total. The summed E-state index contributed by atoms with van der Waals surface area (Å²) in [4.78, 5) is 10.9. The SMILES string of the molecule is COc1ccc2[nH]c3c(c2c1)C[C@H]1c2ncccc2CCN1C3. The van der Waals surface area contributed by atoms with Crippen LogP contribution in [0.3, 0.4) is 0 Å². The van der Waals surface area contributed by atoms with Gasteiger partial charge in [-0.1, -0.05) is 6.07 Å². The van der Waals surface area contributed by atoms with Gasteiger partial charge < -0.3 is 9.72 Å². The predicted octanol–water partition coefficient (Wildman–Crippen LogP) is 3.23. The number of hydrogen-bond acceptors (Lipinski definition) is 3. The molecule has 3 aromatic rings. The summed E-state index contributed by atoms with van der Waals surface area (Å²) in [6.07, 6.45) is 4.05. The second-order valence-corrected chi connectivity index (χ2v) is 6.48. The number of aromatic nitrogens is 2. The Morgan fingerprint density at radius 2 is 2.26 bits per heavy atom. The number of ether oxygens (including phenoxy) is 1. The summed E-state index contributed by atoms with van der Waals surface area (Å²) in [6, 6.07) is 11.0. The third-order valence-electron chi connectivity index (χ3n) is 5.31. The predicted molar refractivity (Wildman–Crippen MR) is 89.6 cm³/mol. The highest BCUT2D eigenvalue weighted by molar-refractivity contribution is 5.86. The molecule has 1 atom stereocenters. The molecule has 2 aliphatic rings. The zero-order chi connectivity index (χ0) is 15.4. The fourth-order valence-corrected chi connectivity index (χ4v) is 4.14. The van der Waals surface area contributed by atoms with Gasteiger partial charge in [0.2, 0.25) is 0 Å². The lowest BCUT2D eigenvalue weighted by Gasteiger charge is -2.39. The lowest BCUT2D eigenvalue weighted by atomic mass is 9.88. The molecule has 0 spiro atoms. The molecule has 116 valence electrons. The second kappa shape index (κ2) is 4.83. The minimum atomic E-state index is 0.401. The molecular formula is C19H19N3O. The molecule has 1 aromatic carbocycles. The van der Waals surface area contributed by atoms with Crippen LogP contribution in [-0.4, -0.2) is 28.5 Å². The molecule has 0 saturated carbocycles. The molecule has 23 heavy (non-hydrogen) atoms. The van der Waals surface area contributed by atoms with Crippen LogP contribution in [0, 0.1) is 0 Å². The number of nitrogens with zero attached hydrogens (tertiary/aromatic N) is 2. The molecule has 0 unspecified atom stereocenters. The third kappa shape index (κ3) is 1.91. The van der Waals surface area contributed by atoms with Crippen molar-refractivity contribution in [1.82, 2.24) is 14.9 Å². The molecule has 4 heteroatoms. The fourth-order valence-electron chi connectivity index (χ4n) is 4.14. The first-order valence-electron chi connectivity index (χ1n) is 8.19. The zero-order valence-electron chi connectivity index (χ0n) is 13.2. The van der Waals surface area contributed by atoms with Crippen molar-refractivity contribution in [3.8, 4) is 5.75 Å². The van der Waals surface area contributed by atoms with Gasteiger partial charge in [0.25, 0.3) is 0 Å². The number of benzene rings is 1. The number of fused-ring (bicyclic) bond motifs is 6. The van der Waals surface area contributed by atoms with Gasteiger partial charge in [0.05, 0.1) is 18.8 Å². The van der Waals surface area contributed by atoms with Crippen LogP contribution in [0.1, 0.15) is 28.6 Å². The van der Waals surface area contributed by atoms with Gasteiger partial charge >= 0.3 is 0 Å². The monoisotopic (exact) mass is 305 g/mol. The molecular weight excluding hydrogens is 286 g/mol. The van der Waals surface area contributed by atoms with E-state index in [1.165, 1.54) is 33.4 Å². The van der Waals surface area contributed by atoms with Crippen LogP contribution in [0.5, 0.6) is 5.75 Å². The molecule has 0 saturated heterocycles. The average molecular weight is 305 g/mol. The Kier molecular flexibility index (Phi) is 2.76. The average Bonchev–Trinajstić information content (AvgIpc) is 2.96. The molecule has 2 aromatic heterocycles. The normalized spacial score (nSPS) is 20.0. The first kappa shape index (κ1) is 13.1. The van der Waals surface area contributed by atoms with E-state index in [1.807, 2.05) is 12.3 Å². The number of nitrogens with one attached hydrogen (secondary N) is 1. The molecule has 2 aliphatic heterocycles. The largest absolute Gasteiger partial charge is 0.497 e. The van der Waals surface area contributed by atoms with Crippen molar-refractivity contribution in [3.63, 3.8) is 0 Å². The van der Waals surface area contributed by atoms with Crippen LogP contribution in [0.15, 0.2) is 36.5 Å². The van der Waals surface area contributed by atoms with E-state index in [-0.39, 0.29) is 0 Å². The highest BCUT2D eigenvalue weighted by Crippen LogP contribution is 2.40. The first-order valence-corrected chi connectivity index (χ1v) is 8.19. The van der Waals surface area contributed by atoms with E-state index >= 15 is 0 Å². The van der Waals surface area contributed by atoms with E-state index in [2.05, 4.69) is 34.1 Å². The van der Waals surface area contributed by atoms with E-state index in [0.29, 0.717) is 6.04 Å². The van der Waals surface area contributed by atoms with Crippen molar-refractivity contribution in [1.29, 1.82) is 0 Å². The highest BCUT2D eigenvalue weighted by atomic mass is 16.5. The minimum Gasteiger partial charge on any atom is -0.497 e. The van der Waals surface area contributed by atoms with E-state index in [1.54, 1.807) is 7.11 Å². The first-order chi connectivity index (χ1) is 11.3. The van der Waals surface area contributed by atoms with Crippen molar-refractivity contribution in [3.05, 3.63) is 59.0 Å². The molecule has 4 nitrogen and oxygen atoms in total. The van der Waals surface area contributed by atoms with Crippen LogP contribution in [0.4, 0.5) is 0 Å². The van der Waals surface area contributed by atoms with E-state index in [4.69, 9.17) is 9.72 Å². The van der Waals surface area contributed by atoms with Crippen molar-refractivity contribution >= 4 is 10.9 Å². The lowest BCUT2D eigenvalue weighted by molar-refractivity contribution is 0.155. The van der Waals surface area contributed by atoms with Crippen molar-refractivity contribution < 1.29 is 4.74 Å². The van der Waals surface area contributed by atoms with E-state index in [9.17, 15) is 0 Å². The number of pyridine rings is 1. The smallest absolute Gasteiger partial charge is 0.119 e. The van der Waals surface area contributed by atoms with Gasteiger partial charge in [0, 0.05) is 35.9 Å². The van der Waals surface area contributed by atoms with Gasteiger partial charge in [-0.2, -0.15) is 0 Å². The van der Waals surface area contributed by atoms with Crippen LogP contribution < -0.4 is 4.74 Å². The van der Waals surface area contributed by atoms with Crippen molar-refractivity contribution in [2.75, 3.05) is 13.7 Å². The number of aromatic amines is 1. The van der Waals surface area contributed by atoms with E-state index < -0.39 is 0 Å². The molecule has 0 fully saturated rings. The summed E-state index contributed by atoms with van der Waals surface area (Å²) in [5.41, 5.74) is 6.66. The lowest BCUT2D eigenvalue weighted by Crippen LogP contribution is -2.39. The highest BCUT2D eigenvalue weighted by Gasteiger charge is 2.34. The molecule has 0 radical (unpaired) electrons. The van der Waals surface area contributed by atoms with Gasteiger partial charge in [-0.25, -0.2) is 0 Å². The van der Waals surface area contributed by atoms with Crippen molar-refractivity contribution in [2.24, 2.45) is 0 Å². The standard InChI is InChI=1S/C19H19N3O/c1-23-13-4-5-16-14(9-13)15-10-18-19-12(3-2-7-20-19)6-8-22(18)11-17(15)21-16/h2-5,7,9,18,21H,6,8,10-11H2,1H3/t18-/m0/s1. The van der Waals surface area contributed by atoms with Crippen LogP contribution >= 0.6 is 0 Å². The summed E-state index contributed by atoms with van der Waals surface area (Å²) >= 11 is 0. The summed E-state index contributed by atoms with van der Waals surface area (Å²) in [5.74, 6) is 0.920. The Balaban J connectivity index is 1.64. The summed E-state index contributed by atoms with van der Waals surface area (Å²) < 4.78 is 5.41. The van der Waals surface area contributed by atoms with Gasteiger partial charge in [-0.05, 0) is 48.2 Å². The fraction of sp³-hybridized carbons (Fsp3) is 0.316. The quantitative estimate of drug-likeness (QED) is 0.750.